The number of nitrogens with two attached hydrogens (primary N) is 4. The molecule has 0 atom stereocenters. The van der Waals surface area contributed by atoms with Crippen LogP contribution in [0.3, 0.4) is 0 Å². The first-order valence-electron chi connectivity index (χ1n) is 11.8. The van der Waals surface area contributed by atoms with Crippen LogP contribution >= 0.6 is 0 Å². The van der Waals surface area contributed by atoms with Crippen LogP contribution in [0.1, 0.15) is 77.0 Å². The zero-order valence-corrected chi connectivity index (χ0v) is 18.8. The molecule has 0 bridgehead atoms. The maximum atomic E-state index is 5.99. The predicted molar refractivity (Wildman–Crippen MR) is 128 cm³/mol. The van der Waals surface area contributed by atoms with E-state index in [-0.39, 0.29) is 5.95 Å². The van der Waals surface area contributed by atoms with Crippen LogP contribution in [0.4, 0.5) is 17.8 Å². The number of unbranched alkanes of at least 4 members (excludes halogenated alkanes) is 9. The van der Waals surface area contributed by atoms with Crippen LogP contribution in [-0.4, -0.2) is 54.2 Å². The van der Waals surface area contributed by atoms with Crippen molar-refractivity contribution < 1.29 is 0 Å². The molecule has 1 rings (SSSR count). The van der Waals surface area contributed by atoms with E-state index in [2.05, 4.69) is 25.2 Å². The van der Waals surface area contributed by atoms with Gasteiger partial charge in [0.1, 0.15) is 0 Å². The van der Waals surface area contributed by atoms with Crippen molar-refractivity contribution in [3.05, 3.63) is 0 Å². The van der Waals surface area contributed by atoms with Gasteiger partial charge in [-0.05, 0) is 58.2 Å². The molecule has 30 heavy (non-hydrogen) atoms. The standard InChI is InChI=1S/C21H45N9/c22-13-7-1-4-10-16-26-20-27-19(25)28-21(29-20)30(17-11-5-2-8-14-23)18-12-6-3-9-15-24/h1-18,22-24H2,(H3,25,26,27,28,29). The molecule has 0 saturated heterocycles. The second-order valence-electron chi connectivity index (χ2n) is 7.84. The van der Waals surface area contributed by atoms with Crippen molar-refractivity contribution in [3.8, 4) is 0 Å². The second-order valence-corrected chi connectivity index (χ2v) is 7.84. The summed E-state index contributed by atoms with van der Waals surface area (Å²) in [6.07, 6.45) is 13.4. The first kappa shape index (κ1) is 26.3. The van der Waals surface area contributed by atoms with E-state index < -0.39 is 0 Å². The van der Waals surface area contributed by atoms with Crippen LogP contribution in [-0.2, 0) is 0 Å². The average molecular weight is 424 g/mol. The minimum Gasteiger partial charge on any atom is -0.368 e. The molecule has 0 spiro atoms. The van der Waals surface area contributed by atoms with Crippen LogP contribution in [0.2, 0.25) is 0 Å². The second kappa shape index (κ2) is 18.1. The highest BCUT2D eigenvalue weighted by atomic mass is 15.3. The fraction of sp³-hybridized carbons (Fsp3) is 0.857. The minimum atomic E-state index is 0.266. The van der Waals surface area contributed by atoms with Gasteiger partial charge in [-0.3, -0.25) is 0 Å². The summed E-state index contributed by atoms with van der Waals surface area (Å²) in [4.78, 5) is 15.6. The monoisotopic (exact) mass is 423 g/mol. The van der Waals surface area contributed by atoms with Crippen molar-refractivity contribution in [1.82, 2.24) is 15.0 Å². The molecule has 1 aromatic rings. The van der Waals surface area contributed by atoms with Gasteiger partial charge in [0.15, 0.2) is 0 Å². The van der Waals surface area contributed by atoms with E-state index >= 15 is 0 Å². The summed E-state index contributed by atoms with van der Waals surface area (Å²) in [5.74, 6) is 1.50. The van der Waals surface area contributed by atoms with E-state index in [0.717, 1.165) is 116 Å². The fourth-order valence-corrected chi connectivity index (χ4v) is 3.34. The number of nitrogen functional groups attached to an aromatic ring is 1. The third-order valence-electron chi connectivity index (χ3n) is 5.10. The Kier molecular flexibility index (Phi) is 15.9. The number of nitrogens with one attached hydrogen (secondary N) is 1. The highest BCUT2D eigenvalue weighted by molar-refractivity contribution is 5.41. The zero-order valence-electron chi connectivity index (χ0n) is 18.8. The highest BCUT2D eigenvalue weighted by Crippen LogP contribution is 2.15. The Morgan fingerprint density at radius 3 is 1.63 bits per heavy atom. The molecule has 0 fully saturated rings. The van der Waals surface area contributed by atoms with Gasteiger partial charge < -0.3 is 33.2 Å². The van der Waals surface area contributed by atoms with E-state index in [4.69, 9.17) is 22.9 Å². The topological polar surface area (TPSA) is 158 Å². The highest BCUT2D eigenvalue weighted by Gasteiger charge is 2.12. The van der Waals surface area contributed by atoms with Crippen molar-refractivity contribution in [2.45, 2.75) is 77.0 Å². The molecule has 0 saturated carbocycles. The molecule has 9 nitrogen and oxygen atoms in total. The van der Waals surface area contributed by atoms with Crippen molar-refractivity contribution in [2.75, 3.05) is 55.2 Å². The molecule has 0 aliphatic heterocycles. The number of nitrogens with zero attached hydrogens (tertiary/aromatic N) is 4. The summed E-state index contributed by atoms with van der Waals surface area (Å²) >= 11 is 0. The number of hydrogen-bond donors (Lipinski definition) is 5. The van der Waals surface area contributed by atoms with Crippen molar-refractivity contribution in [2.24, 2.45) is 17.2 Å². The van der Waals surface area contributed by atoms with Gasteiger partial charge in [-0.1, -0.05) is 38.5 Å². The van der Waals surface area contributed by atoms with Crippen LogP contribution in [0.25, 0.3) is 0 Å². The van der Waals surface area contributed by atoms with Gasteiger partial charge >= 0.3 is 0 Å². The van der Waals surface area contributed by atoms with Crippen molar-refractivity contribution in [1.29, 1.82) is 0 Å². The largest absolute Gasteiger partial charge is 0.368 e. The lowest BCUT2D eigenvalue weighted by atomic mass is 10.1. The normalized spacial score (nSPS) is 11.0. The lowest BCUT2D eigenvalue weighted by Gasteiger charge is -2.23. The molecule has 0 amide bonds. The first-order valence-corrected chi connectivity index (χ1v) is 11.8. The molecule has 0 radical (unpaired) electrons. The lowest BCUT2D eigenvalue weighted by molar-refractivity contribution is 0.591. The molecule has 174 valence electrons. The molecule has 0 aliphatic rings. The summed E-state index contributed by atoms with van der Waals surface area (Å²) in [5.41, 5.74) is 22.7. The van der Waals surface area contributed by atoms with Gasteiger partial charge in [-0.15, -0.1) is 0 Å². The molecule has 9 heteroatoms. The predicted octanol–water partition coefficient (Wildman–Crippen LogP) is 2.23. The quantitative estimate of drug-likeness (QED) is 0.198. The molecular weight excluding hydrogens is 378 g/mol. The number of rotatable bonds is 20. The smallest absolute Gasteiger partial charge is 0.231 e. The molecule has 0 aliphatic carbocycles. The molecule has 1 heterocycles. The maximum absolute atomic E-state index is 5.99. The average Bonchev–Trinajstić information content (AvgIpc) is 2.74. The fourth-order valence-electron chi connectivity index (χ4n) is 3.34. The third-order valence-corrected chi connectivity index (χ3v) is 5.10. The summed E-state index contributed by atoms with van der Waals surface area (Å²) in [7, 11) is 0. The summed E-state index contributed by atoms with van der Waals surface area (Å²) < 4.78 is 0. The van der Waals surface area contributed by atoms with Crippen molar-refractivity contribution in [3.63, 3.8) is 0 Å². The van der Waals surface area contributed by atoms with Crippen LogP contribution in [0.5, 0.6) is 0 Å². The summed E-state index contributed by atoms with van der Waals surface area (Å²) in [5, 5.41) is 3.30. The Balaban J connectivity index is 2.61. The maximum Gasteiger partial charge on any atom is 0.231 e. The molecule has 0 unspecified atom stereocenters. The van der Waals surface area contributed by atoms with Crippen LogP contribution < -0.4 is 33.2 Å². The Morgan fingerprint density at radius 1 is 0.600 bits per heavy atom. The SMILES string of the molecule is NCCCCCCNc1nc(N)nc(N(CCCCCCN)CCCCCCN)n1. The van der Waals surface area contributed by atoms with Gasteiger partial charge in [0.25, 0.3) is 0 Å². The summed E-state index contributed by atoms with van der Waals surface area (Å²) in [6.45, 7) is 4.94. The van der Waals surface area contributed by atoms with Gasteiger partial charge in [0, 0.05) is 19.6 Å². The lowest BCUT2D eigenvalue weighted by Crippen LogP contribution is -2.28. The Hall–Kier alpha value is -1.71. The first-order chi connectivity index (χ1) is 14.7. The van der Waals surface area contributed by atoms with Gasteiger partial charge in [0.05, 0.1) is 0 Å². The minimum absolute atomic E-state index is 0.266. The van der Waals surface area contributed by atoms with Crippen LogP contribution in [0.15, 0.2) is 0 Å². The van der Waals surface area contributed by atoms with E-state index in [1.165, 1.54) is 0 Å². The van der Waals surface area contributed by atoms with E-state index in [9.17, 15) is 0 Å². The Bertz CT molecular complexity index is 513. The number of aromatic nitrogens is 3. The van der Waals surface area contributed by atoms with Crippen molar-refractivity contribution >= 4 is 17.8 Å². The Labute approximate surface area is 182 Å². The van der Waals surface area contributed by atoms with E-state index in [1.54, 1.807) is 0 Å². The van der Waals surface area contributed by atoms with Gasteiger partial charge in [-0.25, -0.2) is 0 Å². The molecule has 9 N–H and O–H groups in total. The van der Waals surface area contributed by atoms with E-state index in [0.29, 0.717) is 11.9 Å². The number of hydrogen-bond acceptors (Lipinski definition) is 9. The van der Waals surface area contributed by atoms with Gasteiger partial charge in [-0.2, -0.15) is 15.0 Å². The molecule has 0 aromatic carbocycles. The van der Waals surface area contributed by atoms with Gasteiger partial charge in [0.2, 0.25) is 17.8 Å². The zero-order chi connectivity index (χ0) is 21.9. The van der Waals surface area contributed by atoms with Crippen LogP contribution in [0, 0.1) is 0 Å². The molecular formula is C21H45N9. The Morgan fingerprint density at radius 2 is 1.10 bits per heavy atom. The van der Waals surface area contributed by atoms with E-state index in [1.807, 2.05) is 0 Å². The number of anilines is 3. The third kappa shape index (κ3) is 12.8. The summed E-state index contributed by atoms with van der Waals surface area (Å²) in [6, 6.07) is 0. The molecule has 1 aromatic heterocycles.